The standard InChI is InChI=1S/C50H95NO5S/c1-3-5-7-9-11-13-15-17-19-21-23-25-27-29-31-33-35-37-39-41-43-45-49(52)48(47-57(54,55)56)51-50(53)46-44-42-40-38-36-34-32-30-28-26-24-22-20-18-16-14-12-10-8-6-4-2/h27,29,35,37,43,45,48-49,52H,3-26,28,30-34,36,38-42,44,46-47H2,1-2H3,(H,51,53)(H,54,55,56)/b29-27+,37-35+,45-43+. The maximum atomic E-state index is 12.6. The molecule has 3 N–H and O–H groups in total. The van der Waals surface area contributed by atoms with Crippen molar-refractivity contribution in [3.8, 4) is 0 Å². The lowest BCUT2D eigenvalue weighted by Gasteiger charge is -2.21. The number of aliphatic hydroxyl groups is 1. The molecular weight excluding hydrogens is 727 g/mol. The molecule has 0 fully saturated rings. The predicted octanol–water partition coefficient (Wildman–Crippen LogP) is 15.3. The van der Waals surface area contributed by atoms with Crippen LogP contribution in [0.5, 0.6) is 0 Å². The topological polar surface area (TPSA) is 104 Å². The van der Waals surface area contributed by atoms with Crippen molar-refractivity contribution in [1.82, 2.24) is 5.32 Å². The summed E-state index contributed by atoms with van der Waals surface area (Å²) >= 11 is 0. The molecule has 7 heteroatoms. The zero-order valence-corrected chi connectivity index (χ0v) is 38.5. The summed E-state index contributed by atoms with van der Waals surface area (Å²) in [7, 11) is -4.36. The van der Waals surface area contributed by atoms with Crippen molar-refractivity contribution in [2.45, 2.75) is 270 Å². The number of carbonyl (C=O) groups excluding carboxylic acids is 1. The summed E-state index contributed by atoms with van der Waals surface area (Å²) in [5.41, 5.74) is 0. The minimum absolute atomic E-state index is 0.287. The molecule has 0 radical (unpaired) electrons. The second kappa shape index (κ2) is 44.1. The number of allylic oxidation sites excluding steroid dienone is 5. The van der Waals surface area contributed by atoms with Gasteiger partial charge in [0.2, 0.25) is 5.91 Å². The Morgan fingerprint density at radius 3 is 1.11 bits per heavy atom. The minimum atomic E-state index is -4.36. The van der Waals surface area contributed by atoms with Crippen molar-refractivity contribution < 1.29 is 22.9 Å². The van der Waals surface area contributed by atoms with E-state index < -0.39 is 28.0 Å². The molecule has 1 amide bonds. The first-order valence-corrected chi connectivity index (χ1v) is 26.3. The summed E-state index contributed by atoms with van der Waals surface area (Å²) in [6.07, 6.45) is 58.7. The van der Waals surface area contributed by atoms with Gasteiger partial charge in [-0.2, -0.15) is 8.42 Å². The van der Waals surface area contributed by atoms with Crippen molar-refractivity contribution in [3.63, 3.8) is 0 Å². The van der Waals surface area contributed by atoms with Gasteiger partial charge in [-0.3, -0.25) is 9.35 Å². The molecule has 2 atom stereocenters. The molecule has 57 heavy (non-hydrogen) atoms. The minimum Gasteiger partial charge on any atom is -0.387 e. The molecule has 0 aliphatic rings. The van der Waals surface area contributed by atoms with Crippen LogP contribution in [0, 0.1) is 0 Å². The van der Waals surface area contributed by atoms with Crippen LogP contribution in [0.4, 0.5) is 0 Å². The SMILES string of the molecule is CCCCCCCCCCCCC/C=C/CC/C=C/CC/C=C/C(O)C(CS(=O)(=O)O)NC(=O)CCCCCCCCCCCCCCCCCCCCCCC. The van der Waals surface area contributed by atoms with Crippen LogP contribution in [0.3, 0.4) is 0 Å². The molecule has 0 aromatic rings. The lowest BCUT2D eigenvalue weighted by molar-refractivity contribution is -0.122. The number of aliphatic hydroxyl groups excluding tert-OH is 1. The third-order valence-corrected chi connectivity index (χ3v) is 12.1. The normalized spacial score (nSPS) is 13.4. The molecule has 336 valence electrons. The highest BCUT2D eigenvalue weighted by molar-refractivity contribution is 7.85. The number of hydrogen-bond acceptors (Lipinski definition) is 4. The average molecular weight is 822 g/mol. The number of carbonyl (C=O) groups is 1. The largest absolute Gasteiger partial charge is 0.387 e. The summed E-state index contributed by atoms with van der Waals surface area (Å²) < 4.78 is 32.6. The molecule has 0 bridgehead atoms. The molecule has 0 saturated carbocycles. The van der Waals surface area contributed by atoms with E-state index in [4.69, 9.17) is 0 Å². The summed E-state index contributed by atoms with van der Waals surface area (Å²) in [6, 6.07) is -1.08. The third kappa shape index (κ3) is 45.5. The Kier molecular flexibility index (Phi) is 43.0. The Labute approximate surface area is 355 Å². The van der Waals surface area contributed by atoms with Crippen LogP contribution in [-0.4, -0.2) is 41.9 Å². The van der Waals surface area contributed by atoms with E-state index in [1.54, 1.807) is 0 Å². The van der Waals surface area contributed by atoms with Gasteiger partial charge in [-0.05, 0) is 44.9 Å². The Balaban J connectivity index is 3.86. The van der Waals surface area contributed by atoms with Gasteiger partial charge in [0.25, 0.3) is 10.1 Å². The van der Waals surface area contributed by atoms with Crippen LogP contribution in [0.1, 0.15) is 258 Å². The van der Waals surface area contributed by atoms with Gasteiger partial charge >= 0.3 is 0 Å². The van der Waals surface area contributed by atoms with Gasteiger partial charge in [-0.15, -0.1) is 0 Å². The van der Waals surface area contributed by atoms with E-state index in [2.05, 4.69) is 43.5 Å². The van der Waals surface area contributed by atoms with Crippen molar-refractivity contribution in [2.75, 3.05) is 5.75 Å². The van der Waals surface area contributed by atoms with Gasteiger partial charge in [-0.25, -0.2) is 0 Å². The molecule has 0 rings (SSSR count). The van der Waals surface area contributed by atoms with Crippen molar-refractivity contribution in [3.05, 3.63) is 36.5 Å². The molecule has 2 unspecified atom stereocenters. The first-order valence-electron chi connectivity index (χ1n) is 24.7. The molecule has 0 aliphatic carbocycles. The first kappa shape index (κ1) is 55.6. The monoisotopic (exact) mass is 822 g/mol. The summed E-state index contributed by atoms with van der Waals surface area (Å²) in [5.74, 6) is -0.999. The van der Waals surface area contributed by atoms with E-state index in [0.717, 1.165) is 38.5 Å². The summed E-state index contributed by atoms with van der Waals surface area (Å²) in [5, 5.41) is 13.3. The first-order chi connectivity index (χ1) is 27.8. The van der Waals surface area contributed by atoms with Gasteiger partial charge in [-0.1, -0.05) is 243 Å². The highest BCUT2D eigenvalue weighted by atomic mass is 32.2. The molecule has 0 aromatic carbocycles. The zero-order chi connectivity index (χ0) is 41.8. The van der Waals surface area contributed by atoms with Crippen LogP contribution in [0.2, 0.25) is 0 Å². The predicted molar refractivity (Wildman–Crippen MR) is 249 cm³/mol. The average Bonchev–Trinajstić information content (AvgIpc) is 3.18. The number of rotatable bonds is 45. The van der Waals surface area contributed by atoms with E-state index in [1.165, 1.54) is 199 Å². The lowest BCUT2D eigenvalue weighted by Crippen LogP contribution is -2.46. The molecule has 0 heterocycles. The van der Waals surface area contributed by atoms with Crippen LogP contribution in [0.25, 0.3) is 0 Å². The maximum absolute atomic E-state index is 12.6. The second-order valence-electron chi connectivity index (χ2n) is 17.1. The Hall–Kier alpha value is -1.44. The van der Waals surface area contributed by atoms with E-state index in [1.807, 2.05) is 6.08 Å². The molecule has 6 nitrogen and oxygen atoms in total. The number of nitrogens with one attached hydrogen (secondary N) is 1. The smallest absolute Gasteiger partial charge is 0.267 e. The number of unbranched alkanes of at least 4 members (excludes halogenated alkanes) is 33. The molecule has 0 aromatic heterocycles. The zero-order valence-electron chi connectivity index (χ0n) is 37.7. The van der Waals surface area contributed by atoms with Crippen molar-refractivity contribution >= 4 is 16.0 Å². The van der Waals surface area contributed by atoms with E-state index in [9.17, 15) is 22.9 Å². The van der Waals surface area contributed by atoms with Gasteiger partial charge in [0.1, 0.15) is 0 Å². The van der Waals surface area contributed by atoms with Gasteiger partial charge < -0.3 is 10.4 Å². The van der Waals surface area contributed by atoms with E-state index in [-0.39, 0.29) is 12.3 Å². The van der Waals surface area contributed by atoms with Gasteiger partial charge in [0.05, 0.1) is 17.9 Å². The highest BCUT2D eigenvalue weighted by Crippen LogP contribution is 2.16. The maximum Gasteiger partial charge on any atom is 0.267 e. The lowest BCUT2D eigenvalue weighted by atomic mass is 10.0. The highest BCUT2D eigenvalue weighted by Gasteiger charge is 2.24. The van der Waals surface area contributed by atoms with Gasteiger partial charge in [0, 0.05) is 6.42 Å². The molecular formula is C50H95NO5S. The Morgan fingerprint density at radius 2 is 0.754 bits per heavy atom. The van der Waals surface area contributed by atoms with E-state index >= 15 is 0 Å². The second-order valence-corrected chi connectivity index (χ2v) is 18.6. The molecule has 0 aliphatic heterocycles. The molecule has 0 saturated heterocycles. The third-order valence-electron chi connectivity index (χ3n) is 11.3. The summed E-state index contributed by atoms with van der Waals surface area (Å²) in [6.45, 7) is 4.55. The van der Waals surface area contributed by atoms with Crippen LogP contribution in [-0.2, 0) is 14.9 Å². The van der Waals surface area contributed by atoms with Crippen LogP contribution < -0.4 is 5.32 Å². The number of hydrogen-bond donors (Lipinski definition) is 3. The van der Waals surface area contributed by atoms with Crippen LogP contribution in [0.15, 0.2) is 36.5 Å². The Bertz CT molecular complexity index is 1040. The van der Waals surface area contributed by atoms with E-state index in [0.29, 0.717) is 6.42 Å². The quantitative estimate of drug-likeness (QED) is 0.0322. The molecule has 0 spiro atoms. The fraction of sp³-hybridized carbons (Fsp3) is 0.860. The fourth-order valence-corrected chi connectivity index (χ4v) is 8.34. The van der Waals surface area contributed by atoms with Crippen molar-refractivity contribution in [1.29, 1.82) is 0 Å². The Morgan fingerprint density at radius 1 is 0.456 bits per heavy atom. The van der Waals surface area contributed by atoms with Gasteiger partial charge in [0.15, 0.2) is 0 Å². The van der Waals surface area contributed by atoms with Crippen molar-refractivity contribution in [2.24, 2.45) is 0 Å². The fourth-order valence-electron chi connectivity index (χ4n) is 7.60. The van der Waals surface area contributed by atoms with Crippen LogP contribution >= 0.6 is 0 Å². The summed E-state index contributed by atoms with van der Waals surface area (Å²) in [4.78, 5) is 12.6. The number of amides is 1.